The Bertz CT molecular complexity index is 1030. The molecule has 0 radical (unpaired) electrons. The largest absolute Gasteiger partial charge is 0.497 e. The molecule has 5 nitrogen and oxygen atoms in total. The lowest BCUT2D eigenvalue weighted by atomic mass is 10.0. The van der Waals surface area contributed by atoms with Crippen LogP contribution in [0, 0.1) is 0 Å². The van der Waals surface area contributed by atoms with E-state index >= 15 is 0 Å². The summed E-state index contributed by atoms with van der Waals surface area (Å²) in [6.45, 7) is 8.53. The number of anilines is 3. The van der Waals surface area contributed by atoms with Crippen LogP contribution in [0.5, 0.6) is 11.5 Å². The van der Waals surface area contributed by atoms with Crippen LogP contribution in [0.25, 0.3) is 5.57 Å². The van der Waals surface area contributed by atoms with E-state index < -0.39 is 6.29 Å². The molecule has 0 aliphatic carbocycles. The fourth-order valence-corrected chi connectivity index (χ4v) is 4.20. The minimum Gasteiger partial charge on any atom is -0.497 e. The smallest absolute Gasteiger partial charge is 0.184 e. The van der Waals surface area contributed by atoms with E-state index in [1.165, 1.54) is 0 Å². The van der Waals surface area contributed by atoms with Crippen LogP contribution in [-0.2, 0) is 9.47 Å². The Balaban J connectivity index is 1.63. The Morgan fingerprint density at radius 2 is 1.29 bits per heavy atom. The Morgan fingerprint density at radius 1 is 0.824 bits per heavy atom. The van der Waals surface area contributed by atoms with Gasteiger partial charge in [-0.1, -0.05) is 25.6 Å². The highest BCUT2D eigenvalue weighted by Gasteiger charge is 2.29. The Hall–Kier alpha value is -3.28. The van der Waals surface area contributed by atoms with Gasteiger partial charge in [-0.3, -0.25) is 0 Å². The van der Waals surface area contributed by atoms with Gasteiger partial charge in [-0.2, -0.15) is 0 Å². The Kier molecular flexibility index (Phi) is 7.56. The maximum Gasteiger partial charge on any atom is 0.184 e. The number of rotatable bonds is 8. The van der Waals surface area contributed by atoms with Crippen molar-refractivity contribution in [1.82, 2.24) is 0 Å². The average Bonchev–Trinajstić information content (AvgIpc) is 2.89. The molecule has 34 heavy (non-hydrogen) atoms. The summed E-state index contributed by atoms with van der Waals surface area (Å²) in [5.41, 5.74) is 4.92. The van der Waals surface area contributed by atoms with E-state index in [9.17, 15) is 0 Å². The van der Waals surface area contributed by atoms with Gasteiger partial charge in [0, 0.05) is 22.6 Å². The van der Waals surface area contributed by atoms with Gasteiger partial charge in [-0.25, -0.2) is 0 Å². The topological polar surface area (TPSA) is 40.2 Å². The van der Waals surface area contributed by atoms with Crippen molar-refractivity contribution in [2.45, 2.75) is 45.2 Å². The minimum absolute atomic E-state index is 0.153. The molecule has 3 aromatic carbocycles. The molecule has 0 saturated carbocycles. The molecular formula is C29H33NO4. The SMILES string of the molecule is C=C(c1ccc(N(c2ccc(OC)cc2)c2ccc(OC)cc2)cc1)C1OC(C)CC(CC)O1. The van der Waals surface area contributed by atoms with E-state index in [0.717, 1.165) is 52.5 Å². The van der Waals surface area contributed by atoms with E-state index in [1.807, 2.05) is 48.5 Å². The van der Waals surface area contributed by atoms with Gasteiger partial charge in [0.25, 0.3) is 0 Å². The third-order valence-electron chi connectivity index (χ3n) is 6.16. The first kappa shape index (κ1) is 23.9. The maximum absolute atomic E-state index is 6.13. The van der Waals surface area contributed by atoms with Crippen LogP contribution in [-0.4, -0.2) is 32.7 Å². The minimum atomic E-state index is -0.418. The first-order chi connectivity index (χ1) is 16.5. The van der Waals surface area contributed by atoms with Crippen LogP contribution >= 0.6 is 0 Å². The van der Waals surface area contributed by atoms with Crippen molar-refractivity contribution in [3.63, 3.8) is 0 Å². The maximum atomic E-state index is 6.13. The van der Waals surface area contributed by atoms with Crippen molar-refractivity contribution in [1.29, 1.82) is 0 Å². The second-order valence-corrected chi connectivity index (χ2v) is 8.48. The molecular weight excluding hydrogens is 426 g/mol. The predicted octanol–water partition coefficient (Wildman–Crippen LogP) is 7.12. The normalized spacial score (nSPS) is 19.9. The van der Waals surface area contributed by atoms with E-state index in [1.54, 1.807) is 14.2 Å². The highest BCUT2D eigenvalue weighted by Crippen LogP contribution is 2.37. The lowest BCUT2D eigenvalue weighted by Crippen LogP contribution is -2.37. The molecule has 0 aromatic heterocycles. The van der Waals surface area contributed by atoms with Crippen molar-refractivity contribution in [2.24, 2.45) is 0 Å². The van der Waals surface area contributed by atoms with Gasteiger partial charge in [-0.05, 0) is 86.0 Å². The third kappa shape index (κ3) is 5.27. The molecule has 0 spiro atoms. The number of benzene rings is 3. The molecule has 1 aliphatic rings. The fourth-order valence-electron chi connectivity index (χ4n) is 4.20. The summed E-state index contributed by atoms with van der Waals surface area (Å²) in [4.78, 5) is 2.19. The molecule has 3 unspecified atom stereocenters. The van der Waals surface area contributed by atoms with E-state index in [2.05, 4.69) is 49.6 Å². The van der Waals surface area contributed by atoms with E-state index in [4.69, 9.17) is 18.9 Å². The average molecular weight is 460 g/mol. The van der Waals surface area contributed by atoms with Gasteiger partial charge in [0.1, 0.15) is 11.5 Å². The molecule has 1 fully saturated rings. The monoisotopic (exact) mass is 459 g/mol. The lowest BCUT2D eigenvalue weighted by Gasteiger charge is -2.35. The summed E-state index contributed by atoms with van der Waals surface area (Å²) < 4.78 is 22.9. The van der Waals surface area contributed by atoms with Gasteiger partial charge >= 0.3 is 0 Å². The molecule has 4 rings (SSSR count). The van der Waals surface area contributed by atoms with Gasteiger partial charge in [0.15, 0.2) is 6.29 Å². The summed E-state index contributed by atoms with van der Waals surface area (Å²) in [6, 6.07) is 24.4. The van der Waals surface area contributed by atoms with Crippen LogP contribution in [0.4, 0.5) is 17.1 Å². The standard InChI is InChI=1S/C29H33NO4/c1-6-26-19-20(2)33-29(34-26)21(3)22-7-9-23(10-8-22)30(24-11-15-27(31-4)16-12-24)25-13-17-28(32-5)18-14-25/h7-18,20,26,29H,3,6,19H2,1-2,4-5H3. The molecule has 0 N–H and O–H groups in total. The summed E-state index contributed by atoms with van der Waals surface area (Å²) in [7, 11) is 3.34. The molecule has 1 saturated heterocycles. The summed E-state index contributed by atoms with van der Waals surface area (Å²) >= 11 is 0. The molecule has 0 bridgehead atoms. The predicted molar refractivity (Wildman–Crippen MR) is 137 cm³/mol. The first-order valence-electron chi connectivity index (χ1n) is 11.7. The zero-order valence-corrected chi connectivity index (χ0v) is 20.4. The molecule has 178 valence electrons. The number of methoxy groups -OCH3 is 2. The molecule has 3 atom stereocenters. The van der Waals surface area contributed by atoms with Gasteiger partial charge in [-0.15, -0.1) is 0 Å². The van der Waals surface area contributed by atoms with Gasteiger partial charge < -0.3 is 23.8 Å². The zero-order valence-electron chi connectivity index (χ0n) is 20.4. The van der Waals surface area contributed by atoms with Crippen LogP contribution in [0.1, 0.15) is 32.3 Å². The van der Waals surface area contributed by atoms with Crippen LogP contribution in [0.3, 0.4) is 0 Å². The van der Waals surface area contributed by atoms with Crippen LogP contribution in [0.2, 0.25) is 0 Å². The zero-order chi connectivity index (χ0) is 24.1. The number of hydrogen-bond acceptors (Lipinski definition) is 5. The second kappa shape index (κ2) is 10.8. The first-order valence-corrected chi connectivity index (χ1v) is 11.7. The van der Waals surface area contributed by atoms with Gasteiger partial charge in [0.2, 0.25) is 0 Å². The quantitative estimate of drug-likeness (QED) is 0.359. The second-order valence-electron chi connectivity index (χ2n) is 8.48. The van der Waals surface area contributed by atoms with E-state index in [0.29, 0.717) is 0 Å². The molecule has 5 heteroatoms. The molecule has 3 aromatic rings. The fraction of sp³-hybridized carbons (Fsp3) is 0.310. The van der Waals surface area contributed by atoms with E-state index in [-0.39, 0.29) is 12.2 Å². The number of nitrogens with zero attached hydrogens (tertiary/aromatic N) is 1. The van der Waals surface area contributed by atoms with Crippen molar-refractivity contribution >= 4 is 22.6 Å². The summed E-state index contributed by atoms with van der Waals surface area (Å²) in [5.74, 6) is 1.63. The third-order valence-corrected chi connectivity index (χ3v) is 6.16. The Labute approximate surface area is 202 Å². The van der Waals surface area contributed by atoms with Gasteiger partial charge in [0.05, 0.1) is 26.4 Å². The lowest BCUT2D eigenvalue weighted by molar-refractivity contribution is -0.209. The summed E-state index contributed by atoms with van der Waals surface area (Å²) in [6.07, 6.45) is 1.82. The van der Waals surface area contributed by atoms with Crippen molar-refractivity contribution in [3.05, 3.63) is 84.9 Å². The molecule has 1 aliphatic heterocycles. The number of hydrogen-bond donors (Lipinski definition) is 0. The molecule has 1 heterocycles. The van der Waals surface area contributed by atoms with Crippen molar-refractivity contribution in [2.75, 3.05) is 19.1 Å². The van der Waals surface area contributed by atoms with Crippen LogP contribution in [0.15, 0.2) is 79.4 Å². The Morgan fingerprint density at radius 3 is 1.74 bits per heavy atom. The molecule has 0 amide bonds. The van der Waals surface area contributed by atoms with Crippen molar-refractivity contribution in [3.8, 4) is 11.5 Å². The highest BCUT2D eigenvalue weighted by molar-refractivity contribution is 5.78. The number of ether oxygens (including phenoxy) is 4. The summed E-state index contributed by atoms with van der Waals surface area (Å²) in [5, 5.41) is 0. The van der Waals surface area contributed by atoms with Crippen molar-refractivity contribution < 1.29 is 18.9 Å². The highest BCUT2D eigenvalue weighted by atomic mass is 16.7. The van der Waals surface area contributed by atoms with Crippen LogP contribution < -0.4 is 14.4 Å².